The van der Waals surface area contributed by atoms with E-state index in [0.717, 1.165) is 15.9 Å². The van der Waals surface area contributed by atoms with E-state index in [0.29, 0.717) is 31.7 Å². The molecule has 3 rings (SSSR count). The lowest BCUT2D eigenvalue weighted by Crippen LogP contribution is -2.41. The average Bonchev–Trinajstić information content (AvgIpc) is 2.65. The highest BCUT2D eigenvalue weighted by Crippen LogP contribution is 2.25. The van der Waals surface area contributed by atoms with Gasteiger partial charge < -0.3 is 9.64 Å². The third-order valence-electron chi connectivity index (χ3n) is 4.63. The standard InChI is InChI=1S/C19H22N2O3S/c1-13-11-17(20-16-6-4-3-5-15(13)16)25-12-18(22)21-9-7-14(8-10-21)19(23)24-2/h3-6,11,14H,7-10,12H2,1-2H3. The topological polar surface area (TPSA) is 59.5 Å². The number of benzene rings is 1. The van der Waals surface area contributed by atoms with Gasteiger partial charge in [0.25, 0.3) is 0 Å². The zero-order chi connectivity index (χ0) is 17.8. The SMILES string of the molecule is COC(=O)C1CCN(C(=O)CSc2cc(C)c3ccccc3n2)CC1. The molecule has 25 heavy (non-hydrogen) atoms. The summed E-state index contributed by atoms with van der Waals surface area (Å²) in [5, 5.41) is 2.01. The number of pyridine rings is 1. The van der Waals surface area contributed by atoms with E-state index in [4.69, 9.17) is 4.74 Å². The van der Waals surface area contributed by atoms with Crippen LogP contribution in [-0.4, -0.2) is 47.7 Å². The van der Waals surface area contributed by atoms with Crippen LogP contribution >= 0.6 is 11.8 Å². The largest absolute Gasteiger partial charge is 0.469 e. The number of methoxy groups -OCH3 is 1. The fourth-order valence-electron chi connectivity index (χ4n) is 3.15. The van der Waals surface area contributed by atoms with Crippen LogP contribution in [0.1, 0.15) is 18.4 Å². The molecule has 6 heteroatoms. The summed E-state index contributed by atoms with van der Waals surface area (Å²) >= 11 is 1.47. The molecule has 1 fully saturated rings. The summed E-state index contributed by atoms with van der Waals surface area (Å²) in [4.78, 5) is 30.4. The lowest BCUT2D eigenvalue weighted by molar-refractivity contribution is -0.148. The zero-order valence-electron chi connectivity index (χ0n) is 14.5. The minimum absolute atomic E-state index is 0.0773. The number of para-hydroxylation sites is 1. The van der Waals surface area contributed by atoms with Gasteiger partial charge in [0.1, 0.15) is 0 Å². The molecule has 0 unspecified atom stereocenters. The number of thioether (sulfide) groups is 1. The second-order valence-corrected chi connectivity index (χ2v) is 7.26. The number of hydrogen-bond acceptors (Lipinski definition) is 5. The number of ether oxygens (including phenoxy) is 1. The minimum Gasteiger partial charge on any atom is -0.469 e. The van der Waals surface area contributed by atoms with Crippen molar-refractivity contribution in [3.8, 4) is 0 Å². The first-order chi connectivity index (χ1) is 12.1. The van der Waals surface area contributed by atoms with Crippen LogP contribution in [0.2, 0.25) is 0 Å². The van der Waals surface area contributed by atoms with Crippen LogP contribution in [0.4, 0.5) is 0 Å². The van der Waals surface area contributed by atoms with Crippen LogP contribution < -0.4 is 0 Å². The Balaban J connectivity index is 1.57. The van der Waals surface area contributed by atoms with Crippen molar-refractivity contribution in [1.29, 1.82) is 0 Å². The first kappa shape index (κ1) is 17.7. The first-order valence-corrected chi connectivity index (χ1v) is 9.42. The maximum atomic E-state index is 12.4. The lowest BCUT2D eigenvalue weighted by Gasteiger charge is -2.30. The Bertz CT molecular complexity index is 785. The maximum absolute atomic E-state index is 12.4. The molecule has 2 aromatic rings. The second kappa shape index (κ2) is 7.87. The van der Waals surface area contributed by atoms with Crippen molar-refractivity contribution in [2.24, 2.45) is 5.92 Å². The van der Waals surface area contributed by atoms with Gasteiger partial charge in [-0.3, -0.25) is 9.59 Å². The third-order valence-corrected chi connectivity index (χ3v) is 5.52. The van der Waals surface area contributed by atoms with Crippen molar-refractivity contribution >= 4 is 34.5 Å². The Kier molecular flexibility index (Phi) is 5.58. The summed E-state index contributed by atoms with van der Waals surface area (Å²) in [7, 11) is 1.41. The van der Waals surface area contributed by atoms with Gasteiger partial charge in [0.15, 0.2) is 0 Å². The molecule has 1 aromatic carbocycles. The Morgan fingerprint density at radius 2 is 2.00 bits per heavy atom. The number of carbonyl (C=O) groups excluding carboxylic acids is 2. The summed E-state index contributed by atoms with van der Waals surface area (Å²) in [5.41, 5.74) is 2.12. The Morgan fingerprint density at radius 3 is 2.72 bits per heavy atom. The number of nitrogens with zero attached hydrogens (tertiary/aromatic N) is 2. The van der Waals surface area contributed by atoms with E-state index >= 15 is 0 Å². The molecule has 1 amide bonds. The Morgan fingerprint density at radius 1 is 1.28 bits per heavy atom. The van der Waals surface area contributed by atoms with Gasteiger partial charge in [0.05, 0.1) is 29.3 Å². The number of rotatable bonds is 4. The number of aryl methyl sites for hydroxylation is 1. The lowest BCUT2D eigenvalue weighted by atomic mass is 9.97. The van der Waals surface area contributed by atoms with Gasteiger partial charge in [-0.15, -0.1) is 0 Å². The molecule has 0 N–H and O–H groups in total. The van der Waals surface area contributed by atoms with Crippen molar-refractivity contribution in [3.05, 3.63) is 35.9 Å². The molecule has 0 radical (unpaired) electrons. The molecule has 1 aliphatic heterocycles. The van der Waals surface area contributed by atoms with E-state index in [1.54, 1.807) is 0 Å². The summed E-state index contributed by atoms with van der Waals surface area (Å²) in [6, 6.07) is 10.1. The number of hydrogen-bond donors (Lipinski definition) is 0. The number of fused-ring (bicyclic) bond motifs is 1. The highest BCUT2D eigenvalue weighted by molar-refractivity contribution is 7.99. The molecule has 0 spiro atoms. The van der Waals surface area contributed by atoms with Crippen molar-refractivity contribution in [1.82, 2.24) is 9.88 Å². The number of amides is 1. The molecule has 0 atom stereocenters. The van der Waals surface area contributed by atoms with Crippen LogP contribution in [0.3, 0.4) is 0 Å². The highest BCUT2D eigenvalue weighted by Gasteiger charge is 2.27. The minimum atomic E-state index is -0.169. The Hall–Kier alpha value is -2.08. The first-order valence-electron chi connectivity index (χ1n) is 8.43. The van der Waals surface area contributed by atoms with Crippen LogP contribution in [0.15, 0.2) is 35.4 Å². The molecule has 0 aliphatic carbocycles. The van der Waals surface area contributed by atoms with Crippen LogP contribution in [0, 0.1) is 12.8 Å². The van der Waals surface area contributed by atoms with Gasteiger partial charge >= 0.3 is 5.97 Å². The smallest absolute Gasteiger partial charge is 0.308 e. The molecule has 1 saturated heterocycles. The highest BCUT2D eigenvalue weighted by atomic mass is 32.2. The monoisotopic (exact) mass is 358 g/mol. The van der Waals surface area contributed by atoms with E-state index in [1.165, 1.54) is 24.4 Å². The molecular formula is C19H22N2O3S. The summed E-state index contributed by atoms with van der Waals surface area (Å²) in [6.07, 6.45) is 1.35. The van der Waals surface area contributed by atoms with E-state index in [1.807, 2.05) is 29.2 Å². The van der Waals surface area contributed by atoms with Gasteiger partial charge in [0, 0.05) is 18.5 Å². The number of carbonyl (C=O) groups is 2. The second-order valence-electron chi connectivity index (χ2n) is 6.26. The number of aromatic nitrogens is 1. The van der Waals surface area contributed by atoms with Crippen molar-refractivity contribution in [3.63, 3.8) is 0 Å². The van der Waals surface area contributed by atoms with Crippen LogP contribution in [-0.2, 0) is 14.3 Å². The molecular weight excluding hydrogens is 336 g/mol. The van der Waals surface area contributed by atoms with Crippen LogP contribution in [0.5, 0.6) is 0 Å². The molecule has 0 bridgehead atoms. The molecule has 132 valence electrons. The predicted molar refractivity (Wildman–Crippen MR) is 98.5 cm³/mol. The van der Waals surface area contributed by atoms with Gasteiger partial charge in [-0.25, -0.2) is 4.98 Å². The van der Waals surface area contributed by atoms with E-state index in [-0.39, 0.29) is 17.8 Å². The number of likely N-dealkylation sites (tertiary alicyclic amines) is 1. The zero-order valence-corrected chi connectivity index (χ0v) is 15.3. The quantitative estimate of drug-likeness (QED) is 0.621. The van der Waals surface area contributed by atoms with Gasteiger partial charge in [-0.05, 0) is 37.5 Å². The van der Waals surface area contributed by atoms with E-state index in [9.17, 15) is 9.59 Å². The molecule has 5 nitrogen and oxygen atoms in total. The van der Waals surface area contributed by atoms with Gasteiger partial charge in [-0.1, -0.05) is 30.0 Å². The van der Waals surface area contributed by atoms with Gasteiger partial charge in [-0.2, -0.15) is 0 Å². The van der Waals surface area contributed by atoms with E-state index in [2.05, 4.69) is 18.0 Å². The number of esters is 1. The molecule has 0 saturated carbocycles. The molecule has 1 aliphatic rings. The predicted octanol–water partition coefficient (Wildman–Crippen LogP) is 3.05. The fourth-order valence-corrected chi connectivity index (χ4v) is 4.03. The Labute approximate surface area is 151 Å². The third kappa shape index (κ3) is 4.12. The van der Waals surface area contributed by atoms with Crippen molar-refractivity contribution < 1.29 is 14.3 Å². The van der Waals surface area contributed by atoms with Crippen molar-refractivity contribution in [2.45, 2.75) is 24.8 Å². The fraction of sp³-hybridized carbons (Fsp3) is 0.421. The summed E-state index contributed by atoms with van der Waals surface area (Å²) in [6.45, 7) is 3.29. The maximum Gasteiger partial charge on any atom is 0.308 e. The van der Waals surface area contributed by atoms with Gasteiger partial charge in [0.2, 0.25) is 5.91 Å². The normalized spacial score (nSPS) is 15.4. The van der Waals surface area contributed by atoms with Crippen LogP contribution in [0.25, 0.3) is 10.9 Å². The average molecular weight is 358 g/mol. The number of piperidine rings is 1. The summed E-state index contributed by atoms with van der Waals surface area (Å²) in [5.74, 6) is 0.220. The van der Waals surface area contributed by atoms with E-state index < -0.39 is 0 Å². The molecule has 1 aromatic heterocycles. The molecule has 2 heterocycles. The summed E-state index contributed by atoms with van der Waals surface area (Å²) < 4.78 is 4.78. The van der Waals surface area contributed by atoms with Crippen molar-refractivity contribution in [2.75, 3.05) is 26.0 Å².